The van der Waals surface area contributed by atoms with E-state index < -0.39 is 0 Å². The van der Waals surface area contributed by atoms with Crippen LogP contribution < -0.4 is 5.32 Å². The normalized spacial score (nSPS) is 52.4. The summed E-state index contributed by atoms with van der Waals surface area (Å²) >= 11 is 0. The molecule has 0 aromatic rings. The molecule has 0 unspecified atom stereocenters. The van der Waals surface area contributed by atoms with Gasteiger partial charge in [0.1, 0.15) is 0 Å². The quantitative estimate of drug-likeness (QED) is 0.595. The van der Waals surface area contributed by atoms with E-state index in [4.69, 9.17) is 4.74 Å². The predicted molar refractivity (Wildman–Crippen MR) is 45.1 cm³/mol. The van der Waals surface area contributed by atoms with E-state index in [1.54, 1.807) is 0 Å². The van der Waals surface area contributed by atoms with Crippen LogP contribution >= 0.6 is 12.4 Å². The lowest BCUT2D eigenvalue weighted by molar-refractivity contribution is -0.132. The Morgan fingerprint density at radius 2 is 1.36 bits per heavy atom. The van der Waals surface area contributed by atoms with E-state index in [1.807, 2.05) is 0 Å². The largest absolute Gasteiger partial charge is 0.375 e. The van der Waals surface area contributed by atoms with Crippen LogP contribution in [0.3, 0.4) is 0 Å². The molecule has 0 aromatic heterocycles. The van der Waals surface area contributed by atoms with Crippen LogP contribution in [0.4, 0.5) is 0 Å². The number of hydrogen-bond acceptors (Lipinski definition) is 2. The molecule has 4 fully saturated rings. The molecule has 2 nitrogen and oxygen atoms in total. The van der Waals surface area contributed by atoms with Crippen LogP contribution in [0.2, 0.25) is 0 Å². The fourth-order valence-corrected chi connectivity index (χ4v) is 2.75. The lowest BCUT2D eigenvalue weighted by Crippen LogP contribution is -2.60. The van der Waals surface area contributed by atoms with Gasteiger partial charge in [-0.2, -0.15) is 0 Å². The van der Waals surface area contributed by atoms with Crippen LogP contribution in [0.15, 0.2) is 0 Å². The second-order valence-electron chi connectivity index (χ2n) is 3.88. The van der Waals surface area contributed by atoms with Gasteiger partial charge in [-0.15, -0.1) is 12.4 Å². The summed E-state index contributed by atoms with van der Waals surface area (Å²) in [6.45, 7) is 0. The van der Waals surface area contributed by atoms with Gasteiger partial charge in [-0.1, -0.05) is 0 Å². The highest BCUT2D eigenvalue weighted by Gasteiger charge is 2.42. The molecule has 4 rings (SSSR count). The zero-order chi connectivity index (χ0) is 6.55. The van der Waals surface area contributed by atoms with Crippen molar-refractivity contribution >= 4 is 12.4 Å². The molecule has 11 heavy (non-hydrogen) atoms. The van der Waals surface area contributed by atoms with Crippen molar-refractivity contribution in [3.63, 3.8) is 0 Å². The van der Waals surface area contributed by atoms with Gasteiger partial charge in [-0.25, -0.2) is 0 Å². The van der Waals surface area contributed by atoms with Crippen LogP contribution in [-0.2, 0) is 4.74 Å². The summed E-state index contributed by atoms with van der Waals surface area (Å²) < 4.78 is 5.78. The Morgan fingerprint density at radius 1 is 0.909 bits per heavy atom. The van der Waals surface area contributed by atoms with E-state index in [9.17, 15) is 0 Å². The summed E-state index contributed by atoms with van der Waals surface area (Å²) in [6.07, 6.45) is 6.31. The second-order valence-corrected chi connectivity index (χ2v) is 3.88. The van der Waals surface area contributed by atoms with Gasteiger partial charge in [-0.05, 0) is 25.7 Å². The molecule has 4 saturated heterocycles. The molecule has 0 radical (unpaired) electrons. The molecule has 0 saturated carbocycles. The van der Waals surface area contributed by atoms with Crippen molar-refractivity contribution < 1.29 is 4.74 Å². The fourth-order valence-electron chi connectivity index (χ4n) is 2.75. The molecule has 4 heterocycles. The Balaban J connectivity index is 0.000000480. The Labute approximate surface area is 73.1 Å². The Morgan fingerprint density at radius 3 is 1.73 bits per heavy atom. The summed E-state index contributed by atoms with van der Waals surface area (Å²) in [5, 5.41) is 3.63. The minimum absolute atomic E-state index is 0. The van der Waals surface area contributed by atoms with Gasteiger partial charge >= 0.3 is 0 Å². The summed E-state index contributed by atoms with van der Waals surface area (Å²) in [6, 6.07) is 1.60. The van der Waals surface area contributed by atoms with E-state index in [2.05, 4.69) is 5.32 Å². The number of piperidine rings is 2. The van der Waals surface area contributed by atoms with E-state index in [-0.39, 0.29) is 12.4 Å². The highest BCUT2D eigenvalue weighted by atomic mass is 35.5. The van der Waals surface area contributed by atoms with E-state index in [1.165, 1.54) is 25.7 Å². The molecule has 0 spiro atoms. The Hall–Kier alpha value is 0.210. The van der Waals surface area contributed by atoms with Crippen molar-refractivity contribution in [2.75, 3.05) is 0 Å². The topological polar surface area (TPSA) is 21.3 Å². The minimum Gasteiger partial charge on any atom is -0.375 e. The van der Waals surface area contributed by atoms with Crippen molar-refractivity contribution in [2.45, 2.75) is 50.0 Å². The average Bonchev–Trinajstić information content (AvgIpc) is 1.82. The smallest absolute Gasteiger partial charge is 0.0608 e. The third-order valence-electron chi connectivity index (χ3n) is 3.05. The zero-order valence-electron chi connectivity index (χ0n) is 6.45. The first-order valence-electron chi connectivity index (χ1n) is 4.31. The van der Waals surface area contributed by atoms with Crippen molar-refractivity contribution in [3.05, 3.63) is 0 Å². The van der Waals surface area contributed by atoms with E-state index in [0.29, 0.717) is 12.2 Å². The van der Waals surface area contributed by atoms with Crippen LogP contribution in [0.25, 0.3) is 0 Å². The first-order valence-corrected chi connectivity index (χ1v) is 4.31. The monoisotopic (exact) mass is 175 g/mol. The lowest BCUT2D eigenvalue weighted by atomic mass is 9.80. The van der Waals surface area contributed by atoms with Crippen LogP contribution in [0, 0.1) is 0 Å². The number of nitrogens with one attached hydrogen (secondary N) is 1. The molecule has 0 atom stereocenters. The summed E-state index contributed by atoms with van der Waals surface area (Å²) in [5.74, 6) is 0. The molecule has 0 amide bonds. The van der Waals surface area contributed by atoms with Gasteiger partial charge in [0.2, 0.25) is 0 Å². The van der Waals surface area contributed by atoms with Gasteiger partial charge in [0, 0.05) is 12.1 Å². The molecule has 0 aliphatic carbocycles. The van der Waals surface area contributed by atoms with Crippen LogP contribution in [0.5, 0.6) is 0 Å². The van der Waals surface area contributed by atoms with Gasteiger partial charge in [0.05, 0.1) is 12.2 Å². The third kappa shape index (κ3) is 1.17. The molecular weight excluding hydrogens is 162 g/mol. The zero-order valence-corrected chi connectivity index (χ0v) is 7.27. The van der Waals surface area contributed by atoms with Crippen molar-refractivity contribution in [3.8, 4) is 0 Å². The summed E-state index contributed by atoms with van der Waals surface area (Å²) in [7, 11) is 0. The maximum Gasteiger partial charge on any atom is 0.0608 e. The van der Waals surface area contributed by atoms with Gasteiger partial charge in [-0.3, -0.25) is 0 Å². The lowest BCUT2D eigenvalue weighted by Gasteiger charge is -2.50. The number of rotatable bonds is 0. The first kappa shape index (κ1) is 7.84. The van der Waals surface area contributed by atoms with Crippen molar-refractivity contribution in [1.29, 1.82) is 0 Å². The first-order chi connectivity index (χ1) is 4.90. The summed E-state index contributed by atoms with van der Waals surface area (Å²) in [5.41, 5.74) is 0. The maximum atomic E-state index is 5.78. The minimum atomic E-state index is 0. The van der Waals surface area contributed by atoms with E-state index in [0.717, 1.165) is 12.1 Å². The van der Waals surface area contributed by atoms with Crippen LogP contribution in [0.1, 0.15) is 25.7 Å². The Bertz CT molecular complexity index is 106. The highest BCUT2D eigenvalue weighted by Crippen LogP contribution is 2.36. The van der Waals surface area contributed by atoms with Gasteiger partial charge in [0.25, 0.3) is 0 Å². The molecule has 4 aliphatic rings. The molecule has 1 N–H and O–H groups in total. The SMILES string of the molecule is C1[C@H]2C[C@@H]3C[C@@H](C[C@H]1O3)N2.Cl. The van der Waals surface area contributed by atoms with E-state index >= 15 is 0 Å². The fraction of sp³-hybridized carbons (Fsp3) is 1.00. The molecule has 3 heteroatoms. The number of ether oxygens (including phenoxy) is 1. The Kier molecular flexibility index (Phi) is 1.86. The maximum absolute atomic E-state index is 5.78. The van der Waals surface area contributed by atoms with Crippen molar-refractivity contribution in [1.82, 2.24) is 5.32 Å². The standard InChI is InChI=1S/C8H13NO.ClH/c1-5-2-8-4-6(9-5)3-7(1)10-8;/h5-9H,1-4H2;1H/t5-,6+,7-,8+;. The molecular formula is C8H14ClNO. The second kappa shape index (κ2) is 2.61. The molecule has 4 aliphatic heterocycles. The van der Waals surface area contributed by atoms with Gasteiger partial charge < -0.3 is 10.1 Å². The highest BCUT2D eigenvalue weighted by molar-refractivity contribution is 5.85. The van der Waals surface area contributed by atoms with Crippen molar-refractivity contribution in [2.24, 2.45) is 0 Å². The number of halogens is 1. The number of hydrogen-bond donors (Lipinski definition) is 1. The van der Waals surface area contributed by atoms with Gasteiger partial charge in [0.15, 0.2) is 0 Å². The molecule has 4 bridgehead atoms. The predicted octanol–water partition coefficient (Wildman–Crippen LogP) is 1.09. The molecule has 0 aromatic carbocycles. The third-order valence-corrected chi connectivity index (χ3v) is 3.05. The van der Waals surface area contributed by atoms with Crippen LogP contribution in [-0.4, -0.2) is 24.3 Å². The summed E-state index contributed by atoms with van der Waals surface area (Å²) in [4.78, 5) is 0. The average molecular weight is 176 g/mol. The molecule has 64 valence electrons.